The SMILES string of the molecule is Cc1ccc(=O)n(CCN2CCN(Cc3cn4ccccc4n3)CC2)n1. The Morgan fingerprint density at radius 1 is 1.00 bits per heavy atom. The van der Waals surface area contributed by atoms with Crippen LogP contribution < -0.4 is 5.56 Å². The first-order valence-electron chi connectivity index (χ1n) is 9.09. The maximum Gasteiger partial charge on any atom is 0.266 e. The molecule has 3 aromatic rings. The van der Waals surface area contributed by atoms with Gasteiger partial charge >= 0.3 is 0 Å². The van der Waals surface area contributed by atoms with E-state index in [2.05, 4.69) is 30.5 Å². The van der Waals surface area contributed by atoms with Crippen molar-refractivity contribution in [3.63, 3.8) is 0 Å². The first kappa shape index (κ1) is 16.9. The molecule has 0 bridgehead atoms. The summed E-state index contributed by atoms with van der Waals surface area (Å²) in [6.07, 6.45) is 4.14. The van der Waals surface area contributed by atoms with Crippen LogP contribution in [0.3, 0.4) is 0 Å². The zero-order valence-electron chi connectivity index (χ0n) is 15.1. The highest BCUT2D eigenvalue weighted by molar-refractivity contribution is 5.39. The van der Waals surface area contributed by atoms with Crippen LogP contribution in [-0.4, -0.2) is 61.7 Å². The standard InChI is InChI=1S/C19H24N6O/c1-16-5-6-19(26)25(21-16)13-12-22-8-10-23(11-9-22)14-17-15-24-7-3-2-4-18(24)20-17/h2-7,15H,8-14H2,1H3. The van der Waals surface area contributed by atoms with Crippen molar-refractivity contribution in [2.45, 2.75) is 20.0 Å². The molecular formula is C19H24N6O. The van der Waals surface area contributed by atoms with Gasteiger partial charge in [-0.2, -0.15) is 5.10 Å². The van der Waals surface area contributed by atoms with Gasteiger partial charge in [-0.25, -0.2) is 9.67 Å². The lowest BCUT2D eigenvalue weighted by molar-refractivity contribution is 0.122. The predicted octanol–water partition coefficient (Wildman–Crippen LogP) is 1.02. The second-order valence-corrected chi connectivity index (χ2v) is 6.85. The minimum absolute atomic E-state index is 0.0268. The largest absolute Gasteiger partial charge is 0.307 e. The first-order chi connectivity index (χ1) is 12.7. The topological polar surface area (TPSA) is 58.7 Å². The highest BCUT2D eigenvalue weighted by Gasteiger charge is 2.18. The van der Waals surface area contributed by atoms with E-state index in [1.54, 1.807) is 16.8 Å². The average molecular weight is 352 g/mol. The molecule has 26 heavy (non-hydrogen) atoms. The molecule has 4 heterocycles. The highest BCUT2D eigenvalue weighted by atomic mass is 16.1. The molecule has 136 valence electrons. The van der Waals surface area contributed by atoms with Crippen molar-refractivity contribution in [1.29, 1.82) is 0 Å². The van der Waals surface area contributed by atoms with Crippen LogP contribution in [0.1, 0.15) is 11.4 Å². The van der Waals surface area contributed by atoms with Gasteiger partial charge in [-0.05, 0) is 25.1 Å². The van der Waals surface area contributed by atoms with E-state index in [9.17, 15) is 4.79 Å². The van der Waals surface area contributed by atoms with Crippen LogP contribution in [0.2, 0.25) is 0 Å². The van der Waals surface area contributed by atoms with E-state index in [1.165, 1.54) is 0 Å². The first-order valence-corrected chi connectivity index (χ1v) is 9.09. The molecule has 1 aliphatic rings. The summed E-state index contributed by atoms with van der Waals surface area (Å²) in [4.78, 5) is 21.4. The second-order valence-electron chi connectivity index (χ2n) is 6.85. The van der Waals surface area contributed by atoms with Gasteiger partial charge in [0.2, 0.25) is 0 Å². The van der Waals surface area contributed by atoms with Gasteiger partial charge in [0.1, 0.15) is 5.65 Å². The fourth-order valence-corrected chi connectivity index (χ4v) is 3.41. The molecule has 1 saturated heterocycles. The van der Waals surface area contributed by atoms with Gasteiger partial charge in [0.05, 0.1) is 17.9 Å². The molecule has 3 aromatic heterocycles. The summed E-state index contributed by atoms with van der Waals surface area (Å²) < 4.78 is 3.64. The van der Waals surface area contributed by atoms with Crippen molar-refractivity contribution in [3.8, 4) is 0 Å². The molecule has 0 N–H and O–H groups in total. The third kappa shape index (κ3) is 3.84. The smallest absolute Gasteiger partial charge is 0.266 e. The van der Waals surface area contributed by atoms with E-state index >= 15 is 0 Å². The molecule has 0 atom stereocenters. The van der Waals surface area contributed by atoms with Gasteiger partial charge in [0.25, 0.3) is 5.56 Å². The van der Waals surface area contributed by atoms with Gasteiger partial charge in [-0.3, -0.25) is 14.6 Å². The minimum Gasteiger partial charge on any atom is -0.307 e. The normalized spacial score (nSPS) is 16.3. The Morgan fingerprint density at radius 2 is 1.81 bits per heavy atom. The molecule has 0 amide bonds. The van der Waals surface area contributed by atoms with Crippen molar-refractivity contribution in [1.82, 2.24) is 29.0 Å². The molecule has 0 aromatic carbocycles. The molecule has 0 aliphatic carbocycles. The third-order valence-electron chi connectivity index (χ3n) is 4.89. The van der Waals surface area contributed by atoms with E-state index in [-0.39, 0.29) is 5.56 Å². The molecule has 1 aliphatic heterocycles. The number of imidazole rings is 1. The molecule has 4 rings (SSSR count). The number of hydrogen-bond donors (Lipinski definition) is 0. The third-order valence-corrected chi connectivity index (χ3v) is 4.89. The number of pyridine rings is 1. The van der Waals surface area contributed by atoms with Gasteiger partial charge < -0.3 is 4.40 Å². The number of aromatic nitrogens is 4. The summed E-state index contributed by atoms with van der Waals surface area (Å²) in [5.41, 5.74) is 2.96. The Labute approximate surface area is 152 Å². The summed E-state index contributed by atoms with van der Waals surface area (Å²) in [5, 5.41) is 4.31. The summed E-state index contributed by atoms with van der Waals surface area (Å²) in [7, 11) is 0. The Balaban J connectivity index is 1.28. The fourth-order valence-electron chi connectivity index (χ4n) is 3.41. The molecule has 1 fully saturated rings. The van der Waals surface area contributed by atoms with E-state index < -0.39 is 0 Å². The molecule has 7 heteroatoms. The number of aryl methyl sites for hydroxylation is 1. The summed E-state index contributed by atoms with van der Waals surface area (Å²) >= 11 is 0. The van der Waals surface area contributed by atoms with Crippen molar-refractivity contribution >= 4 is 5.65 Å². The van der Waals surface area contributed by atoms with E-state index in [0.29, 0.717) is 6.54 Å². The van der Waals surface area contributed by atoms with Crippen molar-refractivity contribution in [3.05, 3.63) is 64.5 Å². The fraction of sp³-hybridized carbons (Fsp3) is 0.421. The minimum atomic E-state index is -0.0268. The van der Waals surface area contributed by atoms with Gasteiger partial charge in [0.15, 0.2) is 0 Å². The Morgan fingerprint density at radius 3 is 2.62 bits per heavy atom. The zero-order chi connectivity index (χ0) is 17.9. The van der Waals surface area contributed by atoms with Crippen LogP contribution in [-0.2, 0) is 13.1 Å². The van der Waals surface area contributed by atoms with Gasteiger partial charge in [-0.15, -0.1) is 0 Å². The molecule has 0 saturated carbocycles. The second kappa shape index (κ2) is 7.39. The number of hydrogen-bond acceptors (Lipinski definition) is 5. The van der Waals surface area contributed by atoms with Crippen LogP contribution in [0.15, 0.2) is 47.5 Å². The summed E-state index contributed by atoms with van der Waals surface area (Å²) in [6, 6.07) is 9.42. The Bertz CT molecular complexity index is 905. The lowest BCUT2D eigenvalue weighted by Crippen LogP contribution is -2.47. The maximum absolute atomic E-state index is 11.8. The molecule has 7 nitrogen and oxygen atoms in total. The van der Waals surface area contributed by atoms with E-state index in [4.69, 9.17) is 0 Å². The molecule has 0 radical (unpaired) electrons. The zero-order valence-corrected chi connectivity index (χ0v) is 15.1. The van der Waals surface area contributed by atoms with Crippen LogP contribution >= 0.6 is 0 Å². The average Bonchev–Trinajstić information content (AvgIpc) is 3.06. The van der Waals surface area contributed by atoms with Crippen LogP contribution in [0.4, 0.5) is 0 Å². The predicted molar refractivity (Wildman–Crippen MR) is 100 cm³/mol. The van der Waals surface area contributed by atoms with Crippen LogP contribution in [0, 0.1) is 6.92 Å². The number of fused-ring (bicyclic) bond motifs is 1. The van der Waals surface area contributed by atoms with Crippen LogP contribution in [0.5, 0.6) is 0 Å². The number of rotatable bonds is 5. The lowest BCUT2D eigenvalue weighted by atomic mass is 10.3. The van der Waals surface area contributed by atoms with Gasteiger partial charge in [0, 0.05) is 57.7 Å². The van der Waals surface area contributed by atoms with Crippen molar-refractivity contribution < 1.29 is 0 Å². The van der Waals surface area contributed by atoms with E-state index in [0.717, 1.165) is 56.3 Å². The van der Waals surface area contributed by atoms with Crippen molar-refractivity contribution in [2.75, 3.05) is 32.7 Å². The monoisotopic (exact) mass is 352 g/mol. The van der Waals surface area contributed by atoms with Gasteiger partial charge in [-0.1, -0.05) is 6.07 Å². The number of nitrogens with zero attached hydrogens (tertiary/aromatic N) is 6. The van der Waals surface area contributed by atoms with Crippen LogP contribution in [0.25, 0.3) is 5.65 Å². The Kier molecular flexibility index (Phi) is 4.81. The van der Waals surface area contributed by atoms with E-state index in [1.807, 2.05) is 31.3 Å². The quantitative estimate of drug-likeness (QED) is 0.686. The molecular weight excluding hydrogens is 328 g/mol. The molecule has 0 unspecified atom stereocenters. The lowest BCUT2D eigenvalue weighted by Gasteiger charge is -2.34. The highest BCUT2D eigenvalue weighted by Crippen LogP contribution is 2.10. The number of piperazine rings is 1. The summed E-state index contributed by atoms with van der Waals surface area (Å²) in [5.74, 6) is 0. The molecule has 0 spiro atoms. The summed E-state index contributed by atoms with van der Waals surface area (Å²) in [6.45, 7) is 8.35. The Hall–Kier alpha value is -2.51. The van der Waals surface area contributed by atoms with Crippen molar-refractivity contribution in [2.24, 2.45) is 0 Å². The maximum atomic E-state index is 11.8.